The van der Waals surface area contributed by atoms with Gasteiger partial charge in [-0.05, 0) is 43.4 Å². The SMILES string of the molecule is CC[C@]1(C)C[C@@H]1C(=O)N1CCC([C@@H]2OCC[C@@H]2C(=O)O)CC1. The lowest BCUT2D eigenvalue weighted by molar-refractivity contribution is -0.146. The second-order valence-corrected chi connectivity index (χ2v) is 7.50. The fraction of sp³-hybridized carbons (Fsp3) is 0.882. The van der Waals surface area contributed by atoms with Crippen LogP contribution in [0.5, 0.6) is 0 Å². The first-order valence-electron chi connectivity index (χ1n) is 8.59. The van der Waals surface area contributed by atoms with Crippen molar-refractivity contribution in [1.82, 2.24) is 4.90 Å². The molecule has 0 aromatic heterocycles. The number of rotatable bonds is 4. The van der Waals surface area contributed by atoms with E-state index in [2.05, 4.69) is 13.8 Å². The number of nitrogens with zero attached hydrogens (tertiary/aromatic N) is 1. The first-order chi connectivity index (χ1) is 10.5. The van der Waals surface area contributed by atoms with Gasteiger partial charge < -0.3 is 14.7 Å². The van der Waals surface area contributed by atoms with E-state index in [0.717, 1.165) is 38.8 Å². The van der Waals surface area contributed by atoms with E-state index in [4.69, 9.17) is 4.74 Å². The second-order valence-electron chi connectivity index (χ2n) is 7.50. The number of carboxylic acid groups (broad SMARTS) is 1. The Bertz CT molecular complexity index is 458. The summed E-state index contributed by atoms with van der Waals surface area (Å²) < 4.78 is 5.69. The molecule has 1 aliphatic carbocycles. The summed E-state index contributed by atoms with van der Waals surface area (Å²) in [6.07, 6.45) is 4.30. The highest BCUT2D eigenvalue weighted by molar-refractivity contribution is 5.82. The highest BCUT2D eigenvalue weighted by Crippen LogP contribution is 2.55. The summed E-state index contributed by atoms with van der Waals surface area (Å²) in [7, 11) is 0. The summed E-state index contributed by atoms with van der Waals surface area (Å²) >= 11 is 0. The van der Waals surface area contributed by atoms with E-state index in [-0.39, 0.29) is 29.3 Å². The average molecular weight is 309 g/mol. The molecule has 22 heavy (non-hydrogen) atoms. The fourth-order valence-corrected chi connectivity index (χ4v) is 4.19. The van der Waals surface area contributed by atoms with Gasteiger partial charge in [0.2, 0.25) is 5.91 Å². The monoisotopic (exact) mass is 309 g/mol. The zero-order valence-electron chi connectivity index (χ0n) is 13.6. The lowest BCUT2D eigenvalue weighted by Crippen LogP contribution is -2.44. The van der Waals surface area contributed by atoms with Crippen LogP contribution < -0.4 is 0 Å². The molecule has 124 valence electrons. The Balaban J connectivity index is 1.53. The Morgan fingerprint density at radius 1 is 1.27 bits per heavy atom. The van der Waals surface area contributed by atoms with Gasteiger partial charge in [-0.2, -0.15) is 0 Å². The summed E-state index contributed by atoms with van der Waals surface area (Å²) in [4.78, 5) is 25.8. The molecule has 0 radical (unpaired) electrons. The van der Waals surface area contributed by atoms with Crippen LogP contribution in [-0.4, -0.2) is 47.7 Å². The highest BCUT2D eigenvalue weighted by atomic mass is 16.5. The minimum absolute atomic E-state index is 0.156. The molecule has 3 fully saturated rings. The normalized spacial score (nSPS) is 39.0. The molecule has 1 amide bonds. The number of carbonyl (C=O) groups is 2. The maximum absolute atomic E-state index is 12.5. The fourth-order valence-electron chi connectivity index (χ4n) is 4.19. The standard InChI is InChI=1S/C17H27NO4/c1-3-17(2)10-13(17)15(19)18-7-4-11(5-8-18)14-12(16(20)21)6-9-22-14/h11-14H,3-10H2,1-2H3,(H,20,21)/t12-,13+,14-,17+/m0/s1. The van der Waals surface area contributed by atoms with Gasteiger partial charge in [0.25, 0.3) is 0 Å². The number of ether oxygens (including phenoxy) is 1. The smallest absolute Gasteiger partial charge is 0.309 e. The van der Waals surface area contributed by atoms with Crippen LogP contribution in [0.2, 0.25) is 0 Å². The zero-order chi connectivity index (χ0) is 15.9. The molecule has 3 aliphatic rings. The molecule has 2 aliphatic heterocycles. The van der Waals surface area contributed by atoms with Crippen LogP contribution >= 0.6 is 0 Å². The van der Waals surface area contributed by atoms with E-state index < -0.39 is 5.97 Å². The summed E-state index contributed by atoms with van der Waals surface area (Å²) in [5.41, 5.74) is 0.219. The Morgan fingerprint density at radius 3 is 2.50 bits per heavy atom. The van der Waals surface area contributed by atoms with Crippen molar-refractivity contribution in [2.75, 3.05) is 19.7 Å². The van der Waals surface area contributed by atoms with Crippen LogP contribution in [0.4, 0.5) is 0 Å². The molecule has 2 heterocycles. The lowest BCUT2D eigenvalue weighted by atomic mass is 9.84. The molecule has 5 nitrogen and oxygen atoms in total. The van der Waals surface area contributed by atoms with Gasteiger partial charge in [0.15, 0.2) is 0 Å². The van der Waals surface area contributed by atoms with Crippen molar-refractivity contribution in [2.24, 2.45) is 23.2 Å². The van der Waals surface area contributed by atoms with Crippen molar-refractivity contribution < 1.29 is 19.4 Å². The molecular weight excluding hydrogens is 282 g/mol. The summed E-state index contributed by atoms with van der Waals surface area (Å²) in [5.74, 6) is -0.297. The molecule has 1 saturated carbocycles. The molecule has 0 bridgehead atoms. The van der Waals surface area contributed by atoms with Gasteiger partial charge >= 0.3 is 5.97 Å². The first-order valence-corrected chi connectivity index (χ1v) is 8.59. The van der Waals surface area contributed by atoms with Crippen LogP contribution in [0.15, 0.2) is 0 Å². The number of amides is 1. The summed E-state index contributed by atoms with van der Waals surface area (Å²) in [5, 5.41) is 9.28. The molecule has 0 unspecified atom stereocenters. The Labute approximate surface area is 132 Å². The third kappa shape index (κ3) is 2.75. The quantitative estimate of drug-likeness (QED) is 0.864. The van der Waals surface area contributed by atoms with Crippen LogP contribution in [0.3, 0.4) is 0 Å². The van der Waals surface area contributed by atoms with E-state index >= 15 is 0 Å². The minimum atomic E-state index is -0.738. The molecule has 0 aromatic rings. The van der Waals surface area contributed by atoms with Gasteiger partial charge in [-0.1, -0.05) is 13.8 Å². The van der Waals surface area contributed by atoms with E-state index in [1.165, 1.54) is 0 Å². The molecule has 0 spiro atoms. The van der Waals surface area contributed by atoms with Gasteiger partial charge in [-0.25, -0.2) is 0 Å². The van der Waals surface area contributed by atoms with Gasteiger partial charge in [0.05, 0.1) is 12.0 Å². The van der Waals surface area contributed by atoms with Crippen molar-refractivity contribution >= 4 is 11.9 Å². The van der Waals surface area contributed by atoms with Crippen LogP contribution in [0.1, 0.15) is 46.0 Å². The van der Waals surface area contributed by atoms with Gasteiger partial charge in [0.1, 0.15) is 0 Å². The van der Waals surface area contributed by atoms with Crippen molar-refractivity contribution in [1.29, 1.82) is 0 Å². The first kappa shape index (κ1) is 15.8. The number of aliphatic carboxylic acids is 1. The van der Waals surface area contributed by atoms with E-state index in [1.807, 2.05) is 4.90 Å². The second kappa shape index (κ2) is 5.84. The Hall–Kier alpha value is -1.10. The summed E-state index contributed by atoms with van der Waals surface area (Å²) in [6.45, 7) is 6.42. The number of piperidine rings is 1. The number of carboxylic acids is 1. The maximum Gasteiger partial charge on any atom is 0.309 e. The molecule has 0 aromatic carbocycles. The zero-order valence-corrected chi connectivity index (χ0v) is 13.6. The number of hydrogen-bond acceptors (Lipinski definition) is 3. The number of carbonyl (C=O) groups excluding carboxylic acids is 1. The topological polar surface area (TPSA) is 66.8 Å². The molecule has 3 rings (SSSR count). The largest absolute Gasteiger partial charge is 0.481 e. The molecular formula is C17H27NO4. The Kier molecular flexibility index (Phi) is 4.19. The lowest BCUT2D eigenvalue weighted by Gasteiger charge is -2.36. The van der Waals surface area contributed by atoms with E-state index in [0.29, 0.717) is 18.9 Å². The Morgan fingerprint density at radius 2 is 1.95 bits per heavy atom. The van der Waals surface area contributed by atoms with Crippen LogP contribution in [0.25, 0.3) is 0 Å². The van der Waals surface area contributed by atoms with Crippen molar-refractivity contribution in [3.63, 3.8) is 0 Å². The third-order valence-electron chi connectivity index (χ3n) is 6.23. The van der Waals surface area contributed by atoms with Crippen LogP contribution in [-0.2, 0) is 14.3 Å². The molecule has 4 atom stereocenters. The maximum atomic E-state index is 12.5. The highest BCUT2D eigenvalue weighted by Gasteiger charge is 2.54. The van der Waals surface area contributed by atoms with Gasteiger partial charge in [0, 0.05) is 25.6 Å². The predicted molar refractivity (Wildman–Crippen MR) is 81.3 cm³/mol. The predicted octanol–water partition coefficient (Wildman–Crippen LogP) is 2.15. The number of hydrogen-bond donors (Lipinski definition) is 1. The molecule has 2 saturated heterocycles. The average Bonchev–Trinajstić information content (AvgIpc) is 2.98. The minimum Gasteiger partial charge on any atom is -0.481 e. The summed E-state index contributed by atoms with van der Waals surface area (Å²) in [6, 6.07) is 0. The van der Waals surface area contributed by atoms with Crippen molar-refractivity contribution in [2.45, 2.75) is 52.1 Å². The van der Waals surface area contributed by atoms with Crippen molar-refractivity contribution in [3.05, 3.63) is 0 Å². The van der Waals surface area contributed by atoms with Crippen molar-refractivity contribution in [3.8, 4) is 0 Å². The third-order valence-corrected chi connectivity index (χ3v) is 6.23. The molecule has 5 heteroatoms. The van der Waals surface area contributed by atoms with E-state index in [9.17, 15) is 14.7 Å². The van der Waals surface area contributed by atoms with Crippen LogP contribution in [0, 0.1) is 23.2 Å². The number of likely N-dealkylation sites (tertiary alicyclic amines) is 1. The molecule has 1 N–H and O–H groups in total. The van der Waals surface area contributed by atoms with Gasteiger partial charge in [-0.3, -0.25) is 9.59 Å². The van der Waals surface area contributed by atoms with E-state index in [1.54, 1.807) is 0 Å². The van der Waals surface area contributed by atoms with Gasteiger partial charge in [-0.15, -0.1) is 0 Å².